The van der Waals surface area contributed by atoms with Crippen LogP contribution in [0.25, 0.3) is 5.57 Å². The summed E-state index contributed by atoms with van der Waals surface area (Å²) in [4.78, 5) is 0. The van der Waals surface area contributed by atoms with E-state index >= 15 is 0 Å². The summed E-state index contributed by atoms with van der Waals surface area (Å²) in [6, 6.07) is 6.42. The molecule has 1 aromatic rings. The first-order valence-electron chi connectivity index (χ1n) is 4.50. The molecule has 0 aliphatic heterocycles. The van der Waals surface area contributed by atoms with Gasteiger partial charge in [-0.15, -0.1) is 0 Å². The fourth-order valence-corrected chi connectivity index (χ4v) is 1.46. The summed E-state index contributed by atoms with van der Waals surface area (Å²) in [5.41, 5.74) is 4.86. The molecule has 1 N–H and O–H groups in total. The van der Waals surface area contributed by atoms with Gasteiger partial charge in [0.05, 0.1) is 6.61 Å². The van der Waals surface area contributed by atoms with Crippen molar-refractivity contribution in [3.05, 3.63) is 41.0 Å². The summed E-state index contributed by atoms with van der Waals surface area (Å²) in [6.07, 6.45) is 1.83. The van der Waals surface area contributed by atoms with Gasteiger partial charge >= 0.3 is 0 Å². The van der Waals surface area contributed by atoms with Crippen LogP contribution in [0.15, 0.2) is 24.3 Å². The first-order valence-corrected chi connectivity index (χ1v) is 4.50. The number of benzene rings is 1. The lowest BCUT2D eigenvalue weighted by molar-refractivity contribution is 0.343. The van der Waals surface area contributed by atoms with Crippen LogP contribution in [0.4, 0.5) is 0 Å². The summed E-state index contributed by atoms with van der Waals surface area (Å²) < 4.78 is 0. The fourth-order valence-electron chi connectivity index (χ4n) is 1.46. The molecular weight excluding hydrogens is 160 g/mol. The monoisotopic (exact) mass is 176 g/mol. The molecule has 13 heavy (non-hydrogen) atoms. The molecule has 1 nitrogen and oxygen atoms in total. The number of hydrogen-bond acceptors (Lipinski definition) is 1. The quantitative estimate of drug-likeness (QED) is 0.734. The van der Waals surface area contributed by atoms with E-state index in [1.54, 1.807) is 0 Å². The molecule has 0 unspecified atom stereocenters. The van der Waals surface area contributed by atoms with Gasteiger partial charge in [-0.05, 0) is 31.9 Å². The van der Waals surface area contributed by atoms with Crippen LogP contribution in [0.1, 0.15) is 23.6 Å². The van der Waals surface area contributed by atoms with E-state index in [1.165, 1.54) is 16.7 Å². The van der Waals surface area contributed by atoms with Crippen LogP contribution in [0.5, 0.6) is 0 Å². The number of aliphatic hydroxyl groups is 1. The maximum atomic E-state index is 8.76. The van der Waals surface area contributed by atoms with E-state index in [-0.39, 0.29) is 6.61 Å². The summed E-state index contributed by atoms with van der Waals surface area (Å²) in [7, 11) is 0. The molecule has 1 aromatic carbocycles. The van der Waals surface area contributed by atoms with Crippen molar-refractivity contribution in [3.8, 4) is 0 Å². The highest BCUT2D eigenvalue weighted by molar-refractivity contribution is 5.64. The van der Waals surface area contributed by atoms with Crippen LogP contribution >= 0.6 is 0 Å². The lowest BCUT2D eigenvalue weighted by Crippen LogP contribution is -1.86. The Bertz CT molecular complexity index is 304. The molecule has 0 bridgehead atoms. The van der Waals surface area contributed by atoms with Crippen molar-refractivity contribution in [2.24, 2.45) is 0 Å². The largest absolute Gasteiger partial charge is 0.392 e. The third-order valence-corrected chi connectivity index (χ3v) is 2.07. The zero-order valence-electron chi connectivity index (χ0n) is 8.46. The Hall–Kier alpha value is -1.08. The molecule has 0 atom stereocenters. The van der Waals surface area contributed by atoms with Gasteiger partial charge in [0, 0.05) is 0 Å². The Morgan fingerprint density at radius 2 is 1.77 bits per heavy atom. The van der Waals surface area contributed by atoms with E-state index in [2.05, 4.69) is 32.0 Å². The van der Waals surface area contributed by atoms with Gasteiger partial charge in [-0.1, -0.05) is 35.4 Å². The van der Waals surface area contributed by atoms with Crippen molar-refractivity contribution >= 4 is 5.57 Å². The highest BCUT2D eigenvalue weighted by Gasteiger charge is 1.97. The molecule has 1 rings (SSSR count). The molecule has 0 spiro atoms. The van der Waals surface area contributed by atoms with Crippen LogP contribution < -0.4 is 0 Å². The van der Waals surface area contributed by atoms with E-state index in [1.807, 2.05) is 13.0 Å². The summed E-state index contributed by atoms with van der Waals surface area (Å²) in [5.74, 6) is 0. The molecular formula is C12H16O. The Balaban J connectivity index is 3.08. The second kappa shape index (κ2) is 4.24. The van der Waals surface area contributed by atoms with Crippen molar-refractivity contribution in [3.63, 3.8) is 0 Å². The Labute approximate surface area is 79.7 Å². The molecule has 0 aliphatic carbocycles. The van der Waals surface area contributed by atoms with Gasteiger partial charge in [0.25, 0.3) is 0 Å². The summed E-state index contributed by atoms with van der Waals surface area (Å²) >= 11 is 0. The Kier molecular flexibility index (Phi) is 3.26. The number of aryl methyl sites for hydroxylation is 2. The zero-order chi connectivity index (χ0) is 9.84. The predicted molar refractivity (Wildman–Crippen MR) is 56.7 cm³/mol. The normalized spacial score (nSPS) is 11.8. The van der Waals surface area contributed by atoms with Crippen LogP contribution in [0.3, 0.4) is 0 Å². The minimum absolute atomic E-state index is 0.110. The van der Waals surface area contributed by atoms with Gasteiger partial charge in [-0.3, -0.25) is 0 Å². The van der Waals surface area contributed by atoms with Crippen molar-refractivity contribution < 1.29 is 5.11 Å². The zero-order valence-corrected chi connectivity index (χ0v) is 8.46. The van der Waals surface area contributed by atoms with Gasteiger partial charge in [-0.2, -0.15) is 0 Å². The molecule has 0 saturated carbocycles. The first kappa shape index (κ1) is 10.0. The Morgan fingerprint density at radius 3 is 2.23 bits per heavy atom. The minimum Gasteiger partial charge on any atom is -0.392 e. The van der Waals surface area contributed by atoms with Crippen molar-refractivity contribution in [2.75, 3.05) is 6.61 Å². The summed E-state index contributed by atoms with van der Waals surface area (Å²) in [5, 5.41) is 8.76. The molecule has 0 heterocycles. The van der Waals surface area contributed by atoms with Gasteiger partial charge in [0.1, 0.15) is 0 Å². The fraction of sp³-hybridized carbons (Fsp3) is 0.333. The van der Waals surface area contributed by atoms with Crippen LogP contribution in [0.2, 0.25) is 0 Å². The molecule has 0 saturated heterocycles. The summed E-state index contributed by atoms with van der Waals surface area (Å²) in [6.45, 7) is 6.30. The van der Waals surface area contributed by atoms with E-state index in [4.69, 9.17) is 5.11 Å². The number of rotatable bonds is 2. The van der Waals surface area contributed by atoms with E-state index < -0.39 is 0 Å². The van der Waals surface area contributed by atoms with Crippen molar-refractivity contribution in [1.29, 1.82) is 0 Å². The predicted octanol–water partition coefficient (Wildman–Crippen LogP) is 2.70. The maximum absolute atomic E-state index is 8.76. The molecule has 0 fully saturated rings. The molecule has 0 radical (unpaired) electrons. The molecule has 0 aromatic heterocycles. The highest BCUT2D eigenvalue weighted by atomic mass is 16.2. The van der Waals surface area contributed by atoms with Gasteiger partial charge in [0.15, 0.2) is 0 Å². The third-order valence-electron chi connectivity index (χ3n) is 2.07. The van der Waals surface area contributed by atoms with Crippen LogP contribution in [-0.4, -0.2) is 11.7 Å². The maximum Gasteiger partial charge on any atom is 0.0618 e. The third kappa shape index (κ3) is 2.71. The van der Waals surface area contributed by atoms with E-state index in [9.17, 15) is 0 Å². The number of hydrogen-bond donors (Lipinski definition) is 1. The first-order chi connectivity index (χ1) is 6.13. The standard InChI is InChI=1S/C12H16O/c1-9-6-10(2)8-12(7-9)11(3)4-5-13/h4,6-8,13H,5H2,1-3H3. The number of allylic oxidation sites excluding steroid dienone is 1. The highest BCUT2D eigenvalue weighted by Crippen LogP contribution is 2.16. The van der Waals surface area contributed by atoms with Crippen LogP contribution in [0, 0.1) is 13.8 Å². The molecule has 0 amide bonds. The average molecular weight is 176 g/mol. The number of aliphatic hydroxyl groups excluding tert-OH is 1. The van der Waals surface area contributed by atoms with E-state index in [0.29, 0.717) is 0 Å². The smallest absolute Gasteiger partial charge is 0.0618 e. The lowest BCUT2D eigenvalue weighted by Gasteiger charge is -2.04. The molecule has 70 valence electrons. The molecule has 1 heteroatoms. The van der Waals surface area contributed by atoms with Crippen molar-refractivity contribution in [1.82, 2.24) is 0 Å². The van der Waals surface area contributed by atoms with Gasteiger partial charge in [-0.25, -0.2) is 0 Å². The van der Waals surface area contributed by atoms with Crippen molar-refractivity contribution in [2.45, 2.75) is 20.8 Å². The minimum atomic E-state index is 0.110. The second-order valence-electron chi connectivity index (χ2n) is 3.45. The van der Waals surface area contributed by atoms with Gasteiger partial charge < -0.3 is 5.11 Å². The van der Waals surface area contributed by atoms with Gasteiger partial charge in [0.2, 0.25) is 0 Å². The molecule has 0 aliphatic rings. The average Bonchev–Trinajstić information content (AvgIpc) is 2.03. The Morgan fingerprint density at radius 1 is 1.23 bits per heavy atom. The van der Waals surface area contributed by atoms with E-state index in [0.717, 1.165) is 5.57 Å². The topological polar surface area (TPSA) is 20.2 Å². The SMILES string of the molecule is CC(=CCO)c1cc(C)cc(C)c1. The second-order valence-corrected chi connectivity index (χ2v) is 3.45. The lowest BCUT2D eigenvalue weighted by atomic mass is 10.0. The van der Waals surface area contributed by atoms with Crippen LogP contribution in [-0.2, 0) is 0 Å².